The Morgan fingerprint density at radius 1 is 1.17 bits per heavy atom. The summed E-state index contributed by atoms with van der Waals surface area (Å²) in [5.74, 6) is 1.50. The van der Waals surface area contributed by atoms with Gasteiger partial charge in [0.1, 0.15) is 5.75 Å². The molecule has 1 aliphatic rings. The number of nitrogens with zero attached hydrogens (tertiary/aromatic N) is 1. The fourth-order valence-electron chi connectivity index (χ4n) is 3.21. The minimum absolute atomic E-state index is 0.0973. The minimum atomic E-state index is 0.0973. The molecule has 0 atom stereocenters. The summed E-state index contributed by atoms with van der Waals surface area (Å²) in [5, 5.41) is 3.95. The third-order valence-electron chi connectivity index (χ3n) is 4.50. The molecular weight excluding hydrogens is 302 g/mol. The second-order valence-corrected chi connectivity index (χ2v) is 6.15. The van der Waals surface area contributed by atoms with Crippen molar-refractivity contribution in [1.82, 2.24) is 9.97 Å². The summed E-state index contributed by atoms with van der Waals surface area (Å²) in [7, 11) is 0. The number of rotatable bonds is 4. The average molecular weight is 321 g/mol. The minimum Gasteiger partial charge on any atom is -0.438 e. The molecule has 2 N–H and O–H groups in total. The Morgan fingerprint density at radius 2 is 2.04 bits per heavy atom. The van der Waals surface area contributed by atoms with Gasteiger partial charge in [0.15, 0.2) is 0 Å². The number of ether oxygens (including phenoxy) is 1. The topological polar surface area (TPSA) is 67.0 Å². The van der Waals surface area contributed by atoms with Crippen LogP contribution in [0.4, 0.5) is 5.69 Å². The van der Waals surface area contributed by atoms with Crippen LogP contribution in [0.5, 0.6) is 11.6 Å². The van der Waals surface area contributed by atoms with Crippen molar-refractivity contribution in [2.24, 2.45) is 5.92 Å². The highest BCUT2D eigenvalue weighted by Crippen LogP contribution is 2.29. The van der Waals surface area contributed by atoms with Crippen LogP contribution in [-0.2, 0) is 4.79 Å². The number of hydrogen-bond acceptors (Lipinski definition) is 3. The lowest BCUT2D eigenvalue weighted by Crippen LogP contribution is -2.20. The first-order valence-corrected chi connectivity index (χ1v) is 8.30. The zero-order chi connectivity index (χ0) is 16.4. The van der Waals surface area contributed by atoms with Gasteiger partial charge in [-0.25, -0.2) is 4.98 Å². The van der Waals surface area contributed by atoms with E-state index in [1.807, 2.05) is 36.5 Å². The number of carbonyl (C=O) groups excluding carboxylic acids is 1. The van der Waals surface area contributed by atoms with E-state index in [0.29, 0.717) is 11.6 Å². The molecule has 5 heteroatoms. The van der Waals surface area contributed by atoms with Gasteiger partial charge in [-0.1, -0.05) is 18.9 Å². The van der Waals surface area contributed by atoms with Gasteiger partial charge in [0.05, 0.1) is 11.9 Å². The number of pyridine rings is 1. The second-order valence-electron chi connectivity index (χ2n) is 6.15. The lowest BCUT2D eigenvalue weighted by Gasteiger charge is -2.11. The predicted octanol–water partition coefficient (Wildman–Crippen LogP) is 4.48. The third-order valence-corrected chi connectivity index (χ3v) is 4.50. The molecule has 122 valence electrons. The van der Waals surface area contributed by atoms with Gasteiger partial charge in [-0.05, 0) is 37.1 Å². The Balaban J connectivity index is 1.45. The summed E-state index contributed by atoms with van der Waals surface area (Å²) in [6.45, 7) is 0. The number of hydrogen-bond donors (Lipinski definition) is 2. The van der Waals surface area contributed by atoms with Crippen LogP contribution in [-0.4, -0.2) is 15.9 Å². The SMILES string of the molecule is O=C(Nc1ccc(Oc2cccc3[nH]ccc23)nc1)C1CCCC1. The van der Waals surface area contributed by atoms with E-state index in [2.05, 4.69) is 15.3 Å². The summed E-state index contributed by atoms with van der Waals surface area (Å²) in [6, 6.07) is 11.4. The zero-order valence-electron chi connectivity index (χ0n) is 13.3. The second kappa shape index (κ2) is 6.35. The Bertz CT molecular complexity index is 848. The zero-order valence-corrected chi connectivity index (χ0v) is 13.3. The molecule has 5 nitrogen and oxygen atoms in total. The van der Waals surface area contributed by atoms with Gasteiger partial charge in [0.2, 0.25) is 11.8 Å². The van der Waals surface area contributed by atoms with E-state index in [1.165, 1.54) is 0 Å². The Morgan fingerprint density at radius 3 is 2.83 bits per heavy atom. The number of anilines is 1. The van der Waals surface area contributed by atoms with Crippen LogP contribution in [0.1, 0.15) is 25.7 Å². The lowest BCUT2D eigenvalue weighted by molar-refractivity contribution is -0.119. The Labute approximate surface area is 140 Å². The fourth-order valence-corrected chi connectivity index (χ4v) is 3.21. The first-order chi connectivity index (χ1) is 11.8. The number of benzene rings is 1. The number of aromatic nitrogens is 2. The van der Waals surface area contributed by atoms with Crippen molar-refractivity contribution in [2.75, 3.05) is 5.32 Å². The van der Waals surface area contributed by atoms with Crippen molar-refractivity contribution in [2.45, 2.75) is 25.7 Å². The standard InChI is InChI=1S/C19H19N3O2/c23-19(13-4-1-2-5-13)22-14-8-9-18(21-12-14)24-17-7-3-6-16-15(17)10-11-20-16/h3,6-13,20H,1-2,4-5H2,(H,22,23). The molecule has 1 aromatic carbocycles. The molecule has 0 saturated heterocycles. The highest BCUT2D eigenvalue weighted by molar-refractivity contribution is 5.92. The molecule has 4 rings (SSSR count). The van der Waals surface area contributed by atoms with Crippen LogP contribution in [0, 0.1) is 5.92 Å². The molecule has 1 aliphatic carbocycles. The van der Waals surface area contributed by atoms with Crippen LogP contribution in [0.2, 0.25) is 0 Å². The smallest absolute Gasteiger partial charge is 0.227 e. The molecular formula is C19H19N3O2. The van der Waals surface area contributed by atoms with Gasteiger partial charge in [-0.3, -0.25) is 4.79 Å². The summed E-state index contributed by atoms with van der Waals surface area (Å²) in [6.07, 6.45) is 7.79. The summed E-state index contributed by atoms with van der Waals surface area (Å²) in [5.41, 5.74) is 1.73. The Kier molecular flexibility index (Phi) is 3.91. The molecule has 1 amide bonds. The molecule has 0 unspecified atom stereocenters. The van der Waals surface area contributed by atoms with Crippen molar-refractivity contribution in [3.63, 3.8) is 0 Å². The van der Waals surface area contributed by atoms with Crippen molar-refractivity contribution in [3.05, 3.63) is 48.8 Å². The maximum Gasteiger partial charge on any atom is 0.227 e. The van der Waals surface area contributed by atoms with E-state index in [0.717, 1.165) is 42.3 Å². The van der Waals surface area contributed by atoms with Crippen LogP contribution in [0.15, 0.2) is 48.8 Å². The van der Waals surface area contributed by atoms with Crippen LogP contribution < -0.4 is 10.1 Å². The summed E-state index contributed by atoms with van der Waals surface area (Å²) in [4.78, 5) is 19.6. The molecule has 2 heterocycles. The van der Waals surface area contributed by atoms with Crippen molar-refractivity contribution in [1.29, 1.82) is 0 Å². The maximum atomic E-state index is 12.1. The number of H-pyrrole nitrogens is 1. The van der Waals surface area contributed by atoms with Crippen molar-refractivity contribution in [3.8, 4) is 11.6 Å². The molecule has 0 bridgehead atoms. The molecule has 1 fully saturated rings. The van der Waals surface area contributed by atoms with Gasteiger partial charge in [0.25, 0.3) is 0 Å². The Hall–Kier alpha value is -2.82. The van der Waals surface area contributed by atoms with Crippen LogP contribution in [0.3, 0.4) is 0 Å². The molecule has 0 aliphatic heterocycles. The summed E-state index contributed by atoms with van der Waals surface area (Å²) >= 11 is 0. The van der Waals surface area contributed by atoms with Crippen LogP contribution >= 0.6 is 0 Å². The number of carbonyl (C=O) groups is 1. The largest absolute Gasteiger partial charge is 0.438 e. The molecule has 0 radical (unpaired) electrons. The average Bonchev–Trinajstić information content (AvgIpc) is 3.28. The van der Waals surface area contributed by atoms with E-state index in [4.69, 9.17) is 4.74 Å². The van der Waals surface area contributed by atoms with E-state index in [-0.39, 0.29) is 11.8 Å². The van der Waals surface area contributed by atoms with Gasteiger partial charge < -0.3 is 15.0 Å². The van der Waals surface area contributed by atoms with Crippen LogP contribution in [0.25, 0.3) is 10.9 Å². The number of nitrogens with one attached hydrogen (secondary N) is 2. The first-order valence-electron chi connectivity index (χ1n) is 8.30. The number of amides is 1. The molecule has 0 spiro atoms. The van der Waals surface area contributed by atoms with Crippen molar-refractivity contribution >= 4 is 22.5 Å². The molecule has 24 heavy (non-hydrogen) atoms. The van der Waals surface area contributed by atoms with Gasteiger partial charge in [-0.15, -0.1) is 0 Å². The number of fused-ring (bicyclic) bond motifs is 1. The van der Waals surface area contributed by atoms with E-state index >= 15 is 0 Å². The molecule has 2 aromatic heterocycles. The highest BCUT2D eigenvalue weighted by atomic mass is 16.5. The quantitative estimate of drug-likeness (QED) is 0.744. The lowest BCUT2D eigenvalue weighted by atomic mass is 10.1. The predicted molar refractivity (Wildman–Crippen MR) is 93.2 cm³/mol. The van der Waals surface area contributed by atoms with E-state index in [1.54, 1.807) is 12.3 Å². The van der Waals surface area contributed by atoms with Crippen molar-refractivity contribution < 1.29 is 9.53 Å². The maximum absolute atomic E-state index is 12.1. The number of aromatic amines is 1. The van der Waals surface area contributed by atoms with Gasteiger partial charge >= 0.3 is 0 Å². The van der Waals surface area contributed by atoms with Gasteiger partial charge in [0, 0.05) is 29.1 Å². The molecule has 1 saturated carbocycles. The first kappa shape index (κ1) is 14.8. The van der Waals surface area contributed by atoms with E-state index < -0.39 is 0 Å². The highest BCUT2D eigenvalue weighted by Gasteiger charge is 2.22. The fraction of sp³-hybridized carbons (Fsp3) is 0.263. The normalized spacial score (nSPS) is 14.8. The summed E-state index contributed by atoms with van der Waals surface area (Å²) < 4.78 is 5.87. The third kappa shape index (κ3) is 2.97. The van der Waals surface area contributed by atoms with Gasteiger partial charge in [-0.2, -0.15) is 0 Å². The van der Waals surface area contributed by atoms with E-state index in [9.17, 15) is 4.79 Å². The monoisotopic (exact) mass is 321 g/mol. The molecule has 3 aromatic rings.